The first-order valence-electron chi connectivity index (χ1n) is 15.2. The van der Waals surface area contributed by atoms with Gasteiger partial charge in [-0.3, -0.25) is 5.32 Å². The van der Waals surface area contributed by atoms with Gasteiger partial charge >= 0.3 is 0 Å². The third kappa shape index (κ3) is 7.45. The summed E-state index contributed by atoms with van der Waals surface area (Å²) in [5.74, 6) is 4.53. The summed E-state index contributed by atoms with van der Waals surface area (Å²) in [7, 11) is 0. The molecule has 3 fully saturated rings. The number of aryl methyl sites for hydroxylation is 1. The SMILES string of the molecule is C=CC(O)NC1CCC(c2ccc(C3CCC(C4CCC(CCCCC)CC4)CC3)c(C)c2)CC1. The number of aliphatic hydroxyl groups excluding tert-OH is 1. The molecule has 2 heteroatoms. The molecule has 0 amide bonds. The Kier molecular flexibility index (Phi) is 10.3. The number of aliphatic hydroxyl groups is 1. The Bertz CT molecular complexity index is 763. The standard InChI is InChI=1S/C33H53NO/c1-4-6-7-8-25-9-11-26(12-10-25)27-13-15-29(16-14-27)32-22-19-30(23-24(32)3)28-17-20-31(21-18-28)34-33(35)5-2/h5,19,22-23,25-29,31,33-35H,2,4,6-18,20-21H2,1,3H3. The van der Waals surface area contributed by atoms with Gasteiger partial charge in [0.1, 0.15) is 6.23 Å². The molecule has 3 aliphatic rings. The number of unbranched alkanes of at least 4 members (excludes halogenated alkanes) is 2. The fraction of sp³-hybridized carbons (Fsp3) is 0.758. The Morgan fingerprint density at radius 2 is 1.51 bits per heavy atom. The monoisotopic (exact) mass is 479 g/mol. The minimum atomic E-state index is -0.571. The summed E-state index contributed by atoms with van der Waals surface area (Å²) in [4.78, 5) is 0. The van der Waals surface area contributed by atoms with Crippen LogP contribution in [0.4, 0.5) is 0 Å². The van der Waals surface area contributed by atoms with E-state index in [-0.39, 0.29) is 0 Å². The number of hydrogen-bond acceptors (Lipinski definition) is 2. The Morgan fingerprint density at radius 3 is 2.11 bits per heavy atom. The molecule has 0 aromatic heterocycles. The van der Waals surface area contributed by atoms with Gasteiger partial charge in [-0.05, 0) is 123 Å². The number of hydrogen-bond donors (Lipinski definition) is 2. The maximum Gasteiger partial charge on any atom is 0.124 e. The molecule has 0 bridgehead atoms. The van der Waals surface area contributed by atoms with Gasteiger partial charge in [0.2, 0.25) is 0 Å². The van der Waals surface area contributed by atoms with E-state index in [2.05, 4.69) is 43.9 Å². The summed E-state index contributed by atoms with van der Waals surface area (Å²) in [6.07, 6.45) is 23.3. The van der Waals surface area contributed by atoms with E-state index in [4.69, 9.17) is 0 Å². The molecule has 0 aliphatic heterocycles. The van der Waals surface area contributed by atoms with Crippen molar-refractivity contribution in [2.24, 2.45) is 17.8 Å². The minimum absolute atomic E-state index is 0.422. The molecule has 1 aromatic carbocycles. The van der Waals surface area contributed by atoms with Crippen LogP contribution in [0.5, 0.6) is 0 Å². The fourth-order valence-electron chi connectivity index (χ4n) is 7.85. The molecule has 0 radical (unpaired) electrons. The average Bonchev–Trinajstić information content (AvgIpc) is 2.90. The van der Waals surface area contributed by atoms with E-state index < -0.39 is 6.23 Å². The maximum atomic E-state index is 9.79. The van der Waals surface area contributed by atoms with Gasteiger partial charge in [-0.2, -0.15) is 0 Å². The van der Waals surface area contributed by atoms with Gasteiger partial charge in [0.15, 0.2) is 0 Å². The third-order valence-electron chi connectivity index (χ3n) is 10.1. The predicted octanol–water partition coefficient (Wildman–Crippen LogP) is 8.78. The average molecular weight is 480 g/mol. The second-order valence-corrected chi connectivity index (χ2v) is 12.4. The zero-order valence-corrected chi connectivity index (χ0v) is 22.8. The Balaban J connectivity index is 1.22. The largest absolute Gasteiger partial charge is 0.375 e. The molecule has 2 nitrogen and oxygen atoms in total. The highest BCUT2D eigenvalue weighted by Crippen LogP contribution is 2.45. The van der Waals surface area contributed by atoms with Crippen molar-refractivity contribution in [2.75, 3.05) is 0 Å². The first kappa shape index (κ1) is 26.9. The summed E-state index contributed by atoms with van der Waals surface area (Å²) < 4.78 is 0. The number of benzene rings is 1. The molecule has 35 heavy (non-hydrogen) atoms. The lowest BCUT2D eigenvalue weighted by atomic mass is 9.67. The quantitative estimate of drug-likeness (QED) is 0.200. The first-order valence-corrected chi connectivity index (χ1v) is 15.2. The first-order chi connectivity index (χ1) is 17.1. The number of rotatable bonds is 10. The fourth-order valence-corrected chi connectivity index (χ4v) is 7.85. The van der Waals surface area contributed by atoms with Gasteiger partial charge in [0.25, 0.3) is 0 Å². The molecule has 0 saturated heterocycles. The van der Waals surface area contributed by atoms with Crippen molar-refractivity contribution in [3.63, 3.8) is 0 Å². The van der Waals surface area contributed by atoms with Crippen molar-refractivity contribution in [1.82, 2.24) is 5.32 Å². The Hall–Kier alpha value is -1.12. The van der Waals surface area contributed by atoms with E-state index in [9.17, 15) is 5.11 Å². The van der Waals surface area contributed by atoms with E-state index in [0.717, 1.165) is 36.5 Å². The summed E-state index contributed by atoms with van der Waals surface area (Å²) in [5, 5.41) is 13.1. The van der Waals surface area contributed by atoms with Crippen LogP contribution in [0.3, 0.4) is 0 Å². The van der Waals surface area contributed by atoms with Crippen molar-refractivity contribution in [3.05, 3.63) is 47.5 Å². The van der Waals surface area contributed by atoms with Crippen molar-refractivity contribution >= 4 is 0 Å². The lowest BCUT2D eigenvalue weighted by Crippen LogP contribution is -2.39. The smallest absolute Gasteiger partial charge is 0.124 e. The summed E-state index contributed by atoms with van der Waals surface area (Å²) >= 11 is 0. The molecule has 1 aromatic rings. The van der Waals surface area contributed by atoms with Gasteiger partial charge in [-0.25, -0.2) is 0 Å². The molecule has 2 N–H and O–H groups in total. The molecule has 0 heterocycles. The van der Waals surface area contributed by atoms with Gasteiger partial charge in [-0.1, -0.05) is 70.2 Å². The normalized spacial score (nSPS) is 32.8. The van der Waals surface area contributed by atoms with Crippen LogP contribution >= 0.6 is 0 Å². The highest BCUT2D eigenvalue weighted by atomic mass is 16.3. The Morgan fingerprint density at radius 1 is 0.886 bits per heavy atom. The molecule has 0 spiro atoms. The lowest BCUT2D eigenvalue weighted by Gasteiger charge is -2.38. The van der Waals surface area contributed by atoms with Crippen molar-refractivity contribution < 1.29 is 5.11 Å². The van der Waals surface area contributed by atoms with Crippen LogP contribution in [0.25, 0.3) is 0 Å². The summed E-state index contributed by atoms with van der Waals surface area (Å²) in [6, 6.07) is 7.87. The molecule has 196 valence electrons. The van der Waals surface area contributed by atoms with E-state index in [1.54, 1.807) is 17.2 Å². The Labute approximate surface area is 216 Å². The second kappa shape index (κ2) is 13.4. The van der Waals surface area contributed by atoms with E-state index in [1.807, 2.05) is 0 Å². The van der Waals surface area contributed by atoms with Crippen LogP contribution < -0.4 is 5.32 Å². The minimum Gasteiger partial charge on any atom is -0.375 e. The molecular weight excluding hydrogens is 426 g/mol. The molecule has 1 unspecified atom stereocenters. The predicted molar refractivity (Wildman–Crippen MR) is 150 cm³/mol. The second-order valence-electron chi connectivity index (χ2n) is 12.4. The lowest BCUT2D eigenvalue weighted by molar-refractivity contribution is 0.153. The van der Waals surface area contributed by atoms with Crippen LogP contribution in [0.2, 0.25) is 0 Å². The van der Waals surface area contributed by atoms with Gasteiger partial charge < -0.3 is 5.11 Å². The van der Waals surface area contributed by atoms with Crippen molar-refractivity contribution in [1.29, 1.82) is 0 Å². The van der Waals surface area contributed by atoms with Crippen LogP contribution in [0.15, 0.2) is 30.9 Å². The van der Waals surface area contributed by atoms with Crippen LogP contribution in [0.1, 0.15) is 138 Å². The summed E-state index contributed by atoms with van der Waals surface area (Å²) in [5.41, 5.74) is 4.70. The van der Waals surface area contributed by atoms with Gasteiger partial charge in [0.05, 0.1) is 0 Å². The molecule has 3 aliphatic carbocycles. The maximum absolute atomic E-state index is 9.79. The van der Waals surface area contributed by atoms with E-state index in [0.29, 0.717) is 12.0 Å². The van der Waals surface area contributed by atoms with Crippen molar-refractivity contribution in [2.45, 2.75) is 141 Å². The molecule has 4 rings (SSSR count). The highest BCUT2D eigenvalue weighted by molar-refractivity contribution is 5.35. The van der Waals surface area contributed by atoms with Crippen LogP contribution in [-0.2, 0) is 0 Å². The zero-order valence-electron chi connectivity index (χ0n) is 22.8. The molecular formula is C33H53NO. The summed E-state index contributed by atoms with van der Waals surface area (Å²) in [6.45, 7) is 8.36. The topological polar surface area (TPSA) is 32.3 Å². The zero-order chi connectivity index (χ0) is 24.6. The third-order valence-corrected chi connectivity index (χ3v) is 10.1. The van der Waals surface area contributed by atoms with Gasteiger partial charge in [0, 0.05) is 6.04 Å². The van der Waals surface area contributed by atoms with Crippen LogP contribution in [-0.4, -0.2) is 17.4 Å². The van der Waals surface area contributed by atoms with Gasteiger partial charge in [-0.15, -0.1) is 0 Å². The number of nitrogens with one attached hydrogen (secondary N) is 1. The molecule has 1 atom stereocenters. The highest BCUT2D eigenvalue weighted by Gasteiger charge is 2.32. The van der Waals surface area contributed by atoms with E-state index >= 15 is 0 Å². The van der Waals surface area contributed by atoms with Crippen molar-refractivity contribution in [3.8, 4) is 0 Å². The van der Waals surface area contributed by atoms with E-state index in [1.165, 1.54) is 95.5 Å². The molecule has 3 saturated carbocycles. The van der Waals surface area contributed by atoms with Crippen LogP contribution in [0, 0.1) is 24.7 Å².